The van der Waals surface area contributed by atoms with Crippen molar-refractivity contribution in [2.24, 2.45) is 22.7 Å². The van der Waals surface area contributed by atoms with Crippen molar-refractivity contribution in [1.29, 1.82) is 0 Å². The molecule has 1 aliphatic heterocycles. The van der Waals surface area contributed by atoms with E-state index in [0.717, 1.165) is 6.42 Å². The summed E-state index contributed by atoms with van der Waals surface area (Å²) in [4.78, 5) is 35.7. The summed E-state index contributed by atoms with van der Waals surface area (Å²) in [6, 6.07) is 0. The van der Waals surface area contributed by atoms with Gasteiger partial charge in [-0.1, -0.05) is 19.9 Å². The highest BCUT2D eigenvalue weighted by atomic mass is 16.5. The van der Waals surface area contributed by atoms with Crippen molar-refractivity contribution < 1.29 is 24.2 Å². The minimum Gasteiger partial charge on any atom is -0.478 e. The normalized spacial score (nSPS) is 38.6. The number of carboxylic acid groups (broad SMARTS) is 1. The van der Waals surface area contributed by atoms with E-state index in [0.29, 0.717) is 6.42 Å². The Kier molecular flexibility index (Phi) is 2.62. The molecule has 0 bridgehead atoms. The zero-order valence-corrected chi connectivity index (χ0v) is 11.6. The molecule has 0 aromatic carbocycles. The quantitative estimate of drug-likeness (QED) is 0.736. The SMILES string of the molecule is CC1(C)CC2C=C(C(=O)O)[C@@H]3CC(=O)OCC(=O)[C@]23C1. The third-order valence-corrected chi connectivity index (χ3v) is 5.08. The molecule has 1 unspecified atom stereocenters. The monoisotopic (exact) mass is 278 g/mol. The van der Waals surface area contributed by atoms with Crippen LogP contribution in [0.3, 0.4) is 0 Å². The van der Waals surface area contributed by atoms with Crippen LogP contribution in [0.25, 0.3) is 0 Å². The molecule has 2 fully saturated rings. The number of ketones is 1. The maximum atomic E-state index is 12.6. The Hall–Kier alpha value is -1.65. The standard InChI is InChI=1S/C15H18O5/c1-14(2)5-8-3-9(13(18)19)10-4-12(17)20-6-11(16)15(8,10)7-14/h3,8,10H,4-7H2,1-2H3,(H,18,19)/t8?,10-,15+/m0/s1. The fraction of sp³-hybridized carbons (Fsp3) is 0.667. The molecule has 3 rings (SSSR count). The fourth-order valence-electron chi connectivity index (χ4n) is 4.49. The summed E-state index contributed by atoms with van der Waals surface area (Å²) in [7, 11) is 0. The number of rotatable bonds is 1. The lowest BCUT2D eigenvalue weighted by Gasteiger charge is -2.33. The van der Waals surface area contributed by atoms with E-state index in [-0.39, 0.29) is 35.7 Å². The van der Waals surface area contributed by atoms with Crippen molar-refractivity contribution in [3.8, 4) is 0 Å². The third-order valence-electron chi connectivity index (χ3n) is 5.08. The number of hydrogen-bond acceptors (Lipinski definition) is 4. The van der Waals surface area contributed by atoms with Gasteiger partial charge in [-0.2, -0.15) is 0 Å². The van der Waals surface area contributed by atoms with Crippen molar-refractivity contribution in [2.75, 3.05) is 6.61 Å². The van der Waals surface area contributed by atoms with Gasteiger partial charge in [0.05, 0.1) is 6.42 Å². The summed E-state index contributed by atoms with van der Waals surface area (Å²) in [6.45, 7) is 3.96. The number of aliphatic carboxylic acids is 1. The van der Waals surface area contributed by atoms with Gasteiger partial charge < -0.3 is 9.84 Å². The fourth-order valence-corrected chi connectivity index (χ4v) is 4.49. The summed E-state index contributed by atoms with van der Waals surface area (Å²) in [6.07, 6.45) is 3.12. The van der Waals surface area contributed by atoms with Crippen LogP contribution in [0.5, 0.6) is 0 Å². The van der Waals surface area contributed by atoms with Gasteiger partial charge >= 0.3 is 11.9 Å². The number of carboxylic acids is 1. The lowest BCUT2D eigenvalue weighted by Crippen LogP contribution is -2.40. The van der Waals surface area contributed by atoms with Gasteiger partial charge in [-0.15, -0.1) is 0 Å². The van der Waals surface area contributed by atoms with Gasteiger partial charge in [-0.25, -0.2) is 4.79 Å². The zero-order valence-electron chi connectivity index (χ0n) is 11.6. The number of esters is 1. The number of ether oxygens (including phenoxy) is 1. The van der Waals surface area contributed by atoms with E-state index in [9.17, 15) is 19.5 Å². The molecule has 0 radical (unpaired) electrons. The molecule has 1 spiro atoms. The second-order valence-electron chi connectivity index (χ2n) is 6.96. The average molecular weight is 278 g/mol. The molecule has 1 heterocycles. The summed E-state index contributed by atoms with van der Waals surface area (Å²) in [5.74, 6) is -2.23. The van der Waals surface area contributed by atoms with Crippen LogP contribution in [-0.4, -0.2) is 29.4 Å². The molecule has 0 amide bonds. The molecule has 0 aromatic heterocycles. The number of Topliss-reactive ketones (excluding diaryl/α,β-unsaturated/α-hetero) is 1. The maximum Gasteiger partial charge on any atom is 0.331 e. The Morgan fingerprint density at radius 2 is 2.10 bits per heavy atom. The van der Waals surface area contributed by atoms with Crippen molar-refractivity contribution in [2.45, 2.75) is 33.1 Å². The smallest absolute Gasteiger partial charge is 0.331 e. The van der Waals surface area contributed by atoms with Crippen molar-refractivity contribution in [3.63, 3.8) is 0 Å². The second kappa shape index (κ2) is 3.93. The van der Waals surface area contributed by atoms with Crippen LogP contribution in [0.4, 0.5) is 0 Å². The molecule has 1 N–H and O–H groups in total. The summed E-state index contributed by atoms with van der Waals surface area (Å²) in [5.41, 5.74) is -0.548. The maximum absolute atomic E-state index is 12.6. The van der Waals surface area contributed by atoms with E-state index in [1.807, 2.05) is 0 Å². The van der Waals surface area contributed by atoms with E-state index >= 15 is 0 Å². The number of carbonyl (C=O) groups is 3. The Bertz CT molecular complexity index is 544. The number of carbonyl (C=O) groups excluding carboxylic acids is 2. The summed E-state index contributed by atoms with van der Waals surface area (Å²) < 4.78 is 4.94. The van der Waals surface area contributed by atoms with Gasteiger partial charge in [0.1, 0.15) is 0 Å². The van der Waals surface area contributed by atoms with Crippen molar-refractivity contribution in [1.82, 2.24) is 0 Å². The van der Waals surface area contributed by atoms with Gasteiger partial charge in [0.15, 0.2) is 12.4 Å². The van der Waals surface area contributed by atoms with Gasteiger partial charge in [-0.05, 0) is 24.2 Å². The third kappa shape index (κ3) is 1.65. The molecular weight excluding hydrogens is 260 g/mol. The first-order valence-corrected chi connectivity index (χ1v) is 6.90. The minimum atomic E-state index is -1.02. The zero-order chi connectivity index (χ0) is 14.7. The number of allylic oxidation sites excluding steroid dienone is 1. The minimum absolute atomic E-state index is 0.00352. The Morgan fingerprint density at radius 3 is 2.75 bits per heavy atom. The van der Waals surface area contributed by atoms with Gasteiger partial charge in [-0.3, -0.25) is 9.59 Å². The van der Waals surface area contributed by atoms with Gasteiger partial charge in [0.2, 0.25) is 0 Å². The lowest BCUT2D eigenvalue weighted by atomic mass is 9.66. The van der Waals surface area contributed by atoms with Crippen LogP contribution >= 0.6 is 0 Å². The van der Waals surface area contributed by atoms with Gasteiger partial charge in [0, 0.05) is 16.9 Å². The van der Waals surface area contributed by atoms with Crippen molar-refractivity contribution >= 4 is 17.7 Å². The van der Waals surface area contributed by atoms with E-state index < -0.39 is 23.3 Å². The molecular formula is C15H18O5. The molecule has 2 aliphatic carbocycles. The molecule has 20 heavy (non-hydrogen) atoms. The predicted molar refractivity (Wildman–Crippen MR) is 68.7 cm³/mol. The van der Waals surface area contributed by atoms with Gasteiger partial charge in [0.25, 0.3) is 0 Å². The first-order chi connectivity index (χ1) is 9.26. The Morgan fingerprint density at radius 1 is 1.40 bits per heavy atom. The van der Waals surface area contributed by atoms with E-state index in [1.165, 1.54) is 0 Å². The largest absolute Gasteiger partial charge is 0.478 e. The molecule has 5 heteroatoms. The van der Waals surface area contributed by atoms with E-state index in [2.05, 4.69) is 13.8 Å². The van der Waals surface area contributed by atoms with Crippen molar-refractivity contribution in [3.05, 3.63) is 11.6 Å². The van der Waals surface area contributed by atoms with E-state index in [4.69, 9.17) is 4.74 Å². The topological polar surface area (TPSA) is 80.7 Å². The molecule has 5 nitrogen and oxygen atoms in total. The van der Waals surface area contributed by atoms with Crippen LogP contribution < -0.4 is 0 Å². The lowest BCUT2D eigenvalue weighted by molar-refractivity contribution is -0.147. The van der Waals surface area contributed by atoms with Crippen LogP contribution in [0.1, 0.15) is 33.1 Å². The highest BCUT2D eigenvalue weighted by molar-refractivity contribution is 5.97. The Labute approximate surface area is 117 Å². The van der Waals surface area contributed by atoms with E-state index in [1.54, 1.807) is 6.08 Å². The molecule has 1 saturated heterocycles. The molecule has 3 atom stereocenters. The molecule has 0 aromatic rings. The average Bonchev–Trinajstić information content (AvgIpc) is 2.71. The molecule has 1 saturated carbocycles. The highest BCUT2D eigenvalue weighted by Gasteiger charge is 2.64. The van der Waals surface area contributed by atoms with Crippen LogP contribution in [0.2, 0.25) is 0 Å². The first-order valence-electron chi connectivity index (χ1n) is 6.90. The number of hydrogen-bond donors (Lipinski definition) is 1. The van der Waals surface area contributed by atoms with Crippen LogP contribution in [-0.2, 0) is 19.1 Å². The Balaban J connectivity index is 2.13. The highest BCUT2D eigenvalue weighted by Crippen LogP contribution is 2.64. The summed E-state index contributed by atoms with van der Waals surface area (Å²) in [5, 5.41) is 9.37. The second-order valence-corrected chi connectivity index (χ2v) is 6.96. The summed E-state index contributed by atoms with van der Waals surface area (Å²) >= 11 is 0. The number of cyclic esters (lactones) is 1. The van der Waals surface area contributed by atoms with Crippen LogP contribution in [0.15, 0.2) is 11.6 Å². The molecule has 108 valence electrons. The molecule has 3 aliphatic rings. The first kappa shape index (κ1) is 13.3. The van der Waals surface area contributed by atoms with Crippen LogP contribution in [0, 0.1) is 22.7 Å². The predicted octanol–water partition coefficient (Wildman–Crippen LogP) is 1.57.